The fourth-order valence-electron chi connectivity index (χ4n) is 3.15. The lowest BCUT2D eigenvalue weighted by molar-refractivity contribution is -0.118. The minimum Gasteiger partial charge on any atom is -0.299 e. The van der Waals surface area contributed by atoms with Crippen molar-refractivity contribution in [2.45, 2.75) is 71.8 Å². The third-order valence-corrected chi connectivity index (χ3v) is 4.22. The van der Waals surface area contributed by atoms with E-state index in [4.69, 9.17) is 0 Å². The maximum atomic E-state index is 12.1. The van der Waals surface area contributed by atoms with Crippen LogP contribution in [0.5, 0.6) is 0 Å². The first-order chi connectivity index (χ1) is 9.19. The third-order valence-electron chi connectivity index (χ3n) is 4.22. The molecule has 3 heteroatoms. The Balaban J connectivity index is 1.80. The van der Waals surface area contributed by atoms with Crippen molar-refractivity contribution in [3.8, 4) is 0 Å². The number of carbonyl (C=O) groups excluding carboxylic acids is 1. The van der Waals surface area contributed by atoms with E-state index in [1.807, 2.05) is 17.7 Å². The number of aromatic nitrogens is 2. The summed E-state index contributed by atoms with van der Waals surface area (Å²) in [7, 11) is 0. The molecule has 0 amide bonds. The van der Waals surface area contributed by atoms with Crippen molar-refractivity contribution in [3.63, 3.8) is 0 Å². The van der Waals surface area contributed by atoms with Gasteiger partial charge in [-0.25, -0.2) is 0 Å². The summed E-state index contributed by atoms with van der Waals surface area (Å²) in [4.78, 5) is 12.1. The van der Waals surface area contributed by atoms with E-state index < -0.39 is 0 Å². The standard InChI is InChI=1S/C16H26N2O/c1-3-18-15(11-13(2)17-18)12-16(19)10-9-14-7-5-4-6-8-14/h11,14H,3-10,12H2,1-2H3. The highest BCUT2D eigenvalue weighted by Gasteiger charge is 2.16. The van der Waals surface area contributed by atoms with E-state index in [9.17, 15) is 4.79 Å². The molecule has 19 heavy (non-hydrogen) atoms. The van der Waals surface area contributed by atoms with Gasteiger partial charge in [-0.15, -0.1) is 0 Å². The fraction of sp³-hybridized carbons (Fsp3) is 0.750. The topological polar surface area (TPSA) is 34.9 Å². The van der Waals surface area contributed by atoms with Crippen molar-refractivity contribution in [2.75, 3.05) is 0 Å². The van der Waals surface area contributed by atoms with Crippen molar-refractivity contribution in [1.29, 1.82) is 0 Å². The highest BCUT2D eigenvalue weighted by Crippen LogP contribution is 2.27. The lowest BCUT2D eigenvalue weighted by Crippen LogP contribution is -2.12. The van der Waals surface area contributed by atoms with Crippen molar-refractivity contribution < 1.29 is 4.79 Å². The second-order valence-corrected chi connectivity index (χ2v) is 5.85. The first kappa shape index (κ1) is 14.3. The minimum atomic E-state index is 0.375. The molecule has 1 aromatic rings. The molecule has 0 aliphatic heterocycles. The Labute approximate surface area is 116 Å². The molecular weight excluding hydrogens is 236 g/mol. The normalized spacial score (nSPS) is 16.7. The average molecular weight is 262 g/mol. The molecule has 0 atom stereocenters. The van der Waals surface area contributed by atoms with Crippen LogP contribution in [-0.2, 0) is 17.8 Å². The lowest BCUT2D eigenvalue weighted by Gasteiger charge is -2.20. The molecule has 0 radical (unpaired) electrons. The average Bonchev–Trinajstić information content (AvgIpc) is 2.77. The van der Waals surface area contributed by atoms with Crippen LogP contribution in [0.4, 0.5) is 0 Å². The van der Waals surface area contributed by atoms with Gasteiger partial charge < -0.3 is 0 Å². The highest BCUT2D eigenvalue weighted by molar-refractivity contribution is 5.80. The van der Waals surface area contributed by atoms with Crippen LogP contribution in [0.2, 0.25) is 0 Å². The SMILES string of the molecule is CCn1nc(C)cc1CC(=O)CCC1CCCCC1. The largest absolute Gasteiger partial charge is 0.299 e. The third kappa shape index (κ3) is 4.19. The first-order valence-electron chi connectivity index (χ1n) is 7.74. The summed E-state index contributed by atoms with van der Waals surface area (Å²) in [5.74, 6) is 1.18. The summed E-state index contributed by atoms with van der Waals surface area (Å²) in [5, 5.41) is 4.40. The Hall–Kier alpha value is -1.12. The van der Waals surface area contributed by atoms with Gasteiger partial charge in [0.15, 0.2) is 0 Å². The van der Waals surface area contributed by atoms with E-state index >= 15 is 0 Å². The summed E-state index contributed by atoms with van der Waals surface area (Å²) in [6, 6.07) is 2.04. The number of Topliss-reactive ketones (excluding diaryl/α,β-unsaturated/α-hetero) is 1. The molecule has 1 aromatic heterocycles. The lowest BCUT2D eigenvalue weighted by atomic mass is 9.85. The van der Waals surface area contributed by atoms with E-state index in [0.29, 0.717) is 12.2 Å². The number of nitrogens with zero attached hydrogens (tertiary/aromatic N) is 2. The van der Waals surface area contributed by atoms with Gasteiger partial charge in [-0.05, 0) is 32.3 Å². The summed E-state index contributed by atoms with van der Waals surface area (Å²) >= 11 is 0. The number of ketones is 1. The zero-order valence-corrected chi connectivity index (χ0v) is 12.3. The van der Waals surface area contributed by atoms with Crippen LogP contribution in [-0.4, -0.2) is 15.6 Å². The van der Waals surface area contributed by atoms with Gasteiger partial charge in [0.2, 0.25) is 0 Å². The van der Waals surface area contributed by atoms with Gasteiger partial charge in [0.25, 0.3) is 0 Å². The molecule has 3 nitrogen and oxygen atoms in total. The Morgan fingerprint density at radius 3 is 2.79 bits per heavy atom. The highest BCUT2D eigenvalue weighted by atomic mass is 16.1. The monoisotopic (exact) mass is 262 g/mol. The van der Waals surface area contributed by atoms with Gasteiger partial charge in [0.05, 0.1) is 5.69 Å². The van der Waals surface area contributed by atoms with E-state index in [1.54, 1.807) is 0 Å². The van der Waals surface area contributed by atoms with Crippen molar-refractivity contribution in [2.24, 2.45) is 5.92 Å². The van der Waals surface area contributed by atoms with Crippen LogP contribution in [0.25, 0.3) is 0 Å². The molecular formula is C16H26N2O. The van der Waals surface area contributed by atoms with Crippen LogP contribution in [0.3, 0.4) is 0 Å². The van der Waals surface area contributed by atoms with Gasteiger partial charge in [-0.3, -0.25) is 9.48 Å². The van der Waals surface area contributed by atoms with Crippen LogP contribution >= 0.6 is 0 Å². The van der Waals surface area contributed by atoms with Crippen LogP contribution in [0, 0.1) is 12.8 Å². The van der Waals surface area contributed by atoms with E-state index in [1.165, 1.54) is 32.1 Å². The summed E-state index contributed by atoms with van der Waals surface area (Å²) in [6.07, 6.45) is 9.18. The number of hydrogen-bond acceptors (Lipinski definition) is 2. The van der Waals surface area contributed by atoms with E-state index in [-0.39, 0.29) is 0 Å². The van der Waals surface area contributed by atoms with Crippen LogP contribution in [0.15, 0.2) is 6.07 Å². The number of carbonyl (C=O) groups is 1. The van der Waals surface area contributed by atoms with Crippen LogP contribution in [0.1, 0.15) is 63.3 Å². The Bertz CT molecular complexity index is 416. The summed E-state index contributed by atoms with van der Waals surface area (Å²) in [5.41, 5.74) is 2.09. The maximum Gasteiger partial charge on any atom is 0.138 e. The number of rotatable bonds is 6. The summed E-state index contributed by atoms with van der Waals surface area (Å²) < 4.78 is 1.95. The van der Waals surface area contributed by atoms with Gasteiger partial charge in [0.1, 0.15) is 5.78 Å². The predicted molar refractivity (Wildman–Crippen MR) is 77.2 cm³/mol. The molecule has 1 aliphatic carbocycles. The quantitative estimate of drug-likeness (QED) is 0.783. The number of hydrogen-bond donors (Lipinski definition) is 0. The molecule has 1 fully saturated rings. The summed E-state index contributed by atoms with van der Waals surface area (Å²) in [6.45, 7) is 4.91. The van der Waals surface area contributed by atoms with Crippen LogP contribution < -0.4 is 0 Å². The Morgan fingerprint density at radius 1 is 1.37 bits per heavy atom. The number of aryl methyl sites for hydroxylation is 2. The zero-order chi connectivity index (χ0) is 13.7. The second-order valence-electron chi connectivity index (χ2n) is 5.85. The molecule has 0 spiro atoms. The second kappa shape index (κ2) is 6.88. The molecule has 106 valence electrons. The molecule has 0 aromatic carbocycles. The molecule has 0 unspecified atom stereocenters. The molecule has 1 heterocycles. The fourth-order valence-corrected chi connectivity index (χ4v) is 3.15. The van der Waals surface area contributed by atoms with E-state index in [0.717, 1.165) is 36.7 Å². The Kier molecular flexibility index (Phi) is 5.17. The van der Waals surface area contributed by atoms with Gasteiger partial charge in [-0.1, -0.05) is 32.1 Å². The minimum absolute atomic E-state index is 0.375. The first-order valence-corrected chi connectivity index (χ1v) is 7.74. The molecule has 1 aliphatic rings. The van der Waals surface area contributed by atoms with Gasteiger partial charge in [0, 0.05) is 25.1 Å². The van der Waals surface area contributed by atoms with Crippen molar-refractivity contribution >= 4 is 5.78 Å². The molecule has 1 saturated carbocycles. The predicted octanol–water partition coefficient (Wildman–Crippen LogP) is 3.68. The van der Waals surface area contributed by atoms with Gasteiger partial charge in [-0.2, -0.15) is 5.10 Å². The maximum absolute atomic E-state index is 12.1. The molecule has 0 N–H and O–H groups in total. The smallest absolute Gasteiger partial charge is 0.138 e. The van der Waals surface area contributed by atoms with E-state index in [2.05, 4.69) is 12.0 Å². The van der Waals surface area contributed by atoms with Gasteiger partial charge >= 0.3 is 0 Å². The molecule has 2 rings (SSSR count). The zero-order valence-electron chi connectivity index (χ0n) is 12.3. The van der Waals surface area contributed by atoms with Crippen molar-refractivity contribution in [3.05, 3.63) is 17.5 Å². The van der Waals surface area contributed by atoms with Crippen molar-refractivity contribution in [1.82, 2.24) is 9.78 Å². The molecule has 0 bridgehead atoms. The molecule has 0 saturated heterocycles. The Morgan fingerprint density at radius 2 is 2.11 bits per heavy atom.